The molecule has 0 spiro atoms. The average molecular weight is 349 g/mol. The van der Waals surface area contributed by atoms with E-state index >= 15 is 0 Å². The van der Waals surface area contributed by atoms with Crippen molar-refractivity contribution in [1.82, 2.24) is 14.8 Å². The molecule has 0 bridgehead atoms. The molecule has 4 rings (SSSR count). The van der Waals surface area contributed by atoms with Gasteiger partial charge in [0.2, 0.25) is 0 Å². The van der Waals surface area contributed by atoms with Gasteiger partial charge in [0.05, 0.1) is 24.1 Å². The molecule has 2 aliphatic heterocycles. The highest BCUT2D eigenvalue weighted by Crippen LogP contribution is 2.37. The van der Waals surface area contributed by atoms with E-state index in [4.69, 9.17) is 14.5 Å². The van der Waals surface area contributed by atoms with Crippen molar-refractivity contribution < 1.29 is 14.6 Å². The molecule has 1 atom stereocenters. The van der Waals surface area contributed by atoms with Gasteiger partial charge in [-0.05, 0) is 37.8 Å². The molecule has 2 aliphatic rings. The molecule has 0 aromatic carbocycles. The minimum Gasteiger partial charge on any atom is -0.394 e. The SMILES string of the molecule is OCCn1nc(C2CCOCC2)nc1-c1ccc([C@H]2CCCO2)s1. The van der Waals surface area contributed by atoms with Crippen molar-refractivity contribution in [3.05, 3.63) is 22.8 Å². The Morgan fingerprint density at radius 3 is 2.83 bits per heavy atom. The van der Waals surface area contributed by atoms with Gasteiger partial charge >= 0.3 is 0 Å². The van der Waals surface area contributed by atoms with E-state index in [1.54, 1.807) is 11.3 Å². The van der Waals surface area contributed by atoms with E-state index in [1.807, 2.05) is 4.68 Å². The zero-order chi connectivity index (χ0) is 16.4. The Morgan fingerprint density at radius 2 is 2.08 bits per heavy atom. The predicted molar refractivity (Wildman–Crippen MR) is 91.1 cm³/mol. The highest BCUT2D eigenvalue weighted by Gasteiger charge is 2.24. The molecule has 2 aromatic heterocycles. The molecule has 0 aliphatic carbocycles. The van der Waals surface area contributed by atoms with Crippen LogP contribution in [0.4, 0.5) is 0 Å². The Bertz CT molecular complexity index is 672. The Labute approximate surface area is 145 Å². The van der Waals surface area contributed by atoms with Crippen LogP contribution >= 0.6 is 11.3 Å². The van der Waals surface area contributed by atoms with Crippen LogP contribution in [-0.2, 0) is 16.0 Å². The summed E-state index contributed by atoms with van der Waals surface area (Å²) in [4.78, 5) is 7.17. The van der Waals surface area contributed by atoms with Crippen molar-refractivity contribution in [1.29, 1.82) is 0 Å². The summed E-state index contributed by atoms with van der Waals surface area (Å²) in [7, 11) is 0. The molecule has 24 heavy (non-hydrogen) atoms. The normalized spacial score (nSPS) is 22.3. The molecular weight excluding hydrogens is 326 g/mol. The number of rotatable bonds is 5. The number of aliphatic hydroxyl groups is 1. The number of ether oxygens (including phenoxy) is 2. The van der Waals surface area contributed by atoms with Crippen LogP contribution in [0.15, 0.2) is 12.1 Å². The number of aliphatic hydroxyl groups excluding tert-OH is 1. The molecular formula is C17H23N3O3S. The smallest absolute Gasteiger partial charge is 0.168 e. The van der Waals surface area contributed by atoms with Gasteiger partial charge in [0.25, 0.3) is 0 Å². The summed E-state index contributed by atoms with van der Waals surface area (Å²) >= 11 is 1.73. The zero-order valence-corrected chi connectivity index (χ0v) is 14.5. The Hall–Kier alpha value is -1.28. The number of hydrogen-bond donors (Lipinski definition) is 1. The van der Waals surface area contributed by atoms with Crippen LogP contribution in [0, 0.1) is 0 Å². The molecule has 7 heteroatoms. The lowest BCUT2D eigenvalue weighted by Gasteiger charge is -2.18. The Kier molecular flexibility index (Phi) is 4.93. The van der Waals surface area contributed by atoms with Gasteiger partial charge in [-0.2, -0.15) is 5.10 Å². The lowest BCUT2D eigenvalue weighted by Crippen LogP contribution is -2.15. The second kappa shape index (κ2) is 7.31. The number of thiophene rings is 1. The second-order valence-electron chi connectivity index (χ2n) is 6.33. The largest absolute Gasteiger partial charge is 0.394 e. The summed E-state index contributed by atoms with van der Waals surface area (Å²) in [5, 5.41) is 14.0. The van der Waals surface area contributed by atoms with Crippen LogP contribution in [0.2, 0.25) is 0 Å². The van der Waals surface area contributed by atoms with E-state index in [9.17, 15) is 5.11 Å². The van der Waals surface area contributed by atoms with Crippen LogP contribution in [0.3, 0.4) is 0 Å². The molecule has 2 aromatic rings. The van der Waals surface area contributed by atoms with Crippen LogP contribution in [0.1, 0.15) is 48.4 Å². The van der Waals surface area contributed by atoms with E-state index in [0.717, 1.165) is 62.0 Å². The highest BCUT2D eigenvalue weighted by molar-refractivity contribution is 7.15. The van der Waals surface area contributed by atoms with Crippen molar-refractivity contribution in [2.75, 3.05) is 26.4 Å². The molecule has 4 heterocycles. The summed E-state index contributed by atoms with van der Waals surface area (Å²) in [6.45, 7) is 2.94. The Balaban J connectivity index is 1.61. The number of nitrogens with zero attached hydrogens (tertiary/aromatic N) is 3. The summed E-state index contributed by atoms with van der Waals surface area (Å²) < 4.78 is 13.1. The summed E-state index contributed by atoms with van der Waals surface area (Å²) in [5.74, 6) is 2.10. The maximum absolute atomic E-state index is 9.36. The van der Waals surface area contributed by atoms with Crippen LogP contribution in [0.25, 0.3) is 10.7 Å². The molecule has 2 fully saturated rings. The second-order valence-corrected chi connectivity index (χ2v) is 7.45. The van der Waals surface area contributed by atoms with Crippen molar-refractivity contribution in [3.8, 4) is 10.7 Å². The van der Waals surface area contributed by atoms with Crippen LogP contribution in [0.5, 0.6) is 0 Å². The third-order valence-electron chi connectivity index (χ3n) is 4.68. The minimum absolute atomic E-state index is 0.0630. The minimum atomic E-state index is 0.0630. The van der Waals surface area contributed by atoms with Crippen LogP contribution < -0.4 is 0 Å². The summed E-state index contributed by atoms with van der Waals surface area (Å²) in [5.41, 5.74) is 0. The molecule has 2 saturated heterocycles. The average Bonchev–Trinajstić information content (AvgIpc) is 3.35. The van der Waals surface area contributed by atoms with Gasteiger partial charge in [0, 0.05) is 30.6 Å². The fourth-order valence-electron chi connectivity index (χ4n) is 3.37. The lowest BCUT2D eigenvalue weighted by atomic mass is 10.00. The van der Waals surface area contributed by atoms with E-state index in [2.05, 4.69) is 17.2 Å². The van der Waals surface area contributed by atoms with Gasteiger partial charge in [0.1, 0.15) is 0 Å². The van der Waals surface area contributed by atoms with Gasteiger partial charge in [-0.1, -0.05) is 0 Å². The van der Waals surface area contributed by atoms with Crippen molar-refractivity contribution in [2.45, 2.75) is 44.2 Å². The third-order valence-corrected chi connectivity index (χ3v) is 5.85. The van der Waals surface area contributed by atoms with Gasteiger partial charge in [0.15, 0.2) is 11.6 Å². The first-order chi connectivity index (χ1) is 11.8. The standard InChI is InChI=1S/C17H23N3O3S/c21-8-7-20-17(18-16(19-20)12-5-10-22-11-6-12)15-4-3-14(24-15)13-2-1-9-23-13/h3-4,12-13,21H,1-2,5-11H2/t13-/m1/s1. The summed E-state index contributed by atoms with van der Waals surface area (Å²) in [6, 6.07) is 4.25. The maximum Gasteiger partial charge on any atom is 0.168 e. The fraction of sp³-hybridized carbons (Fsp3) is 0.647. The highest BCUT2D eigenvalue weighted by atomic mass is 32.1. The molecule has 130 valence electrons. The quantitative estimate of drug-likeness (QED) is 0.899. The maximum atomic E-state index is 9.36. The van der Waals surface area contributed by atoms with Gasteiger partial charge in [-0.25, -0.2) is 9.67 Å². The third kappa shape index (κ3) is 3.26. The fourth-order valence-corrected chi connectivity index (χ4v) is 4.46. The molecule has 1 N–H and O–H groups in total. The molecule has 0 saturated carbocycles. The first kappa shape index (κ1) is 16.2. The summed E-state index contributed by atoms with van der Waals surface area (Å²) in [6.07, 6.45) is 4.39. The van der Waals surface area contributed by atoms with Crippen LogP contribution in [-0.4, -0.2) is 46.3 Å². The number of aromatic nitrogens is 3. The van der Waals surface area contributed by atoms with Gasteiger partial charge < -0.3 is 14.6 Å². The van der Waals surface area contributed by atoms with E-state index in [0.29, 0.717) is 12.5 Å². The topological polar surface area (TPSA) is 69.4 Å². The Morgan fingerprint density at radius 1 is 1.21 bits per heavy atom. The van der Waals surface area contributed by atoms with Crippen molar-refractivity contribution in [3.63, 3.8) is 0 Å². The molecule has 6 nitrogen and oxygen atoms in total. The lowest BCUT2D eigenvalue weighted by molar-refractivity contribution is 0.0835. The van der Waals surface area contributed by atoms with Crippen molar-refractivity contribution in [2.24, 2.45) is 0 Å². The molecule has 0 radical (unpaired) electrons. The zero-order valence-electron chi connectivity index (χ0n) is 13.7. The molecule has 0 amide bonds. The van der Waals surface area contributed by atoms with E-state index in [-0.39, 0.29) is 12.7 Å². The van der Waals surface area contributed by atoms with Gasteiger partial charge in [-0.15, -0.1) is 11.3 Å². The van der Waals surface area contributed by atoms with Crippen molar-refractivity contribution >= 4 is 11.3 Å². The molecule has 0 unspecified atom stereocenters. The number of hydrogen-bond acceptors (Lipinski definition) is 6. The van der Waals surface area contributed by atoms with E-state index in [1.165, 1.54) is 4.88 Å². The van der Waals surface area contributed by atoms with Gasteiger partial charge in [-0.3, -0.25) is 0 Å². The predicted octanol–water partition coefficient (Wildman–Crippen LogP) is 2.74. The first-order valence-electron chi connectivity index (χ1n) is 8.70. The monoisotopic (exact) mass is 349 g/mol. The first-order valence-corrected chi connectivity index (χ1v) is 9.52. The van der Waals surface area contributed by atoms with E-state index < -0.39 is 0 Å².